The normalized spacial score (nSPS) is 19.7. The van der Waals surface area contributed by atoms with Crippen molar-refractivity contribution in [1.82, 2.24) is 10.2 Å². The highest BCUT2D eigenvalue weighted by atomic mass is 35.5. The maximum absolute atomic E-state index is 12.1. The summed E-state index contributed by atoms with van der Waals surface area (Å²) in [7, 11) is 2.10. The molecule has 1 amide bonds. The van der Waals surface area contributed by atoms with Gasteiger partial charge in [-0.2, -0.15) is 0 Å². The van der Waals surface area contributed by atoms with Gasteiger partial charge < -0.3 is 10.2 Å². The van der Waals surface area contributed by atoms with Crippen molar-refractivity contribution in [3.05, 3.63) is 33.3 Å². The third-order valence-electron chi connectivity index (χ3n) is 3.58. The summed E-state index contributed by atoms with van der Waals surface area (Å²) in [6.07, 6.45) is 1.13. The fraction of sp³-hybridized carbons (Fsp3) is 0.500. The zero-order chi connectivity index (χ0) is 14.0. The lowest BCUT2D eigenvalue weighted by Crippen LogP contribution is -2.30. The molecule has 1 fully saturated rings. The second-order valence-corrected chi connectivity index (χ2v) is 6.01. The molecule has 2 rings (SSSR count). The number of rotatable bonds is 3. The van der Waals surface area contributed by atoms with E-state index in [1.165, 1.54) is 0 Å². The van der Waals surface area contributed by atoms with Gasteiger partial charge in [0.05, 0.1) is 0 Å². The van der Waals surface area contributed by atoms with Crippen LogP contribution >= 0.6 is 23.2 Å². The summed E-state index contributed by atoms with van der Waals surface area (Å²) in [6, 6.07) is 3.33. The Balaban J connectivity index is 1.96. The minimum atomic E-state index is -0.113. The fourth-order valence-electron chi connectivity index (χ4n) is 2.31. The Morgan fingerprint density at radius 3 is 2.58 bits per heavy atom. The van der Waals surface area contributed by atoms with E-state index in [-0.39, 0.29) is 5.91 Å². The first kappa shape index (κ1) is 14.6. The Morgan fingerprint density at radius 2 is 2.05 bits per heavy atom. The molecule has 0 saturated carbocycles. The lowest BCUT2D eigenvalue weighted by molar-refractivity contribution is 0.0947. The van der Waals surface area contributed by atoms with Gasteiger partial charge in [0.1, 0.15) is 0 Å². The number of likely N-dealkylation sites (tertiary alicyclic amines) is 1. The summed E-state index contributed by atoms with van der Waals surface area (Å²) >= 11 is 12.1. The van der Waals surface area contributed by atoms with Gasteiger partial charge in [-0.15, -0.1) is 0 Å². The van der Waals surface area contributed by atoms with E-state index in [0.717, 1.165) is 25.1 Å². The van der Waals surface area contributed by atoms with E-state index < -0.39 is 0 Å². The van der Waals surface area contributed by atoms with E-state index in [0.29, 0.717) is 28.1 Å². The lowest BCUT2D eigenvalue weighted by atomic mass is 10.1. The summed E-state index contributed by atoms with van der Waals surface area (Å²) < 4.78 is 0. The second kappa shape index (κ2) is 6.12. The van der Waals surface area contributed by atoms with Crippen molar-refractivity contribution >= 4 is 29.1 Å². The minimum Gasteiger partial charge on any atom is -0.352 e. The molecule has 0 spiro atoms. The Labute approximate surface area is 123 Å². The molecule has 1 aromatic rings. The number of carbonyl (C=O) groups is 1. The standard InChI is InChI=1S/C14H18Cl2N2O/c1-9-12(15)5-11(6-13(9)16)14(19)17-7-10-3-4-18(2)8-10/h5-6,10H,3-4,7-8H2,1-2H3,(H,17,19)/t10-/m0/s1. The van der Waals surface area contributed by atoms with Crippen molar-refractivity contribution < 1.29 is 4.79 Å². The molecule has 5 heteroatoms. The molecule has 1 aliphatic heterocycles. The Bertz CT molecular complexity index is 467. The first-order valence-electron chi connectivity index (χ1n) is 6.39. The molecule has 0 radical (unpaired) electrons. The second-order valence-electron chi connectivity index (χ2n) is 5.19. The average molecular weight is 301 g/mol. The molecule has 0 aromatic heterocycles. The van der Waals surface area contributed by atoms with Crippen LogP contribution in [0.3, 0.4) is 0 Å². The molecule has 1 saturated heterocycles. The zero-order valence-corrected chi connectivity index (χ0v) is 12.7. The number of halogens is 2. The molecule has 0 bridgehead atoms. The van der Waals surface area contributed by atoms with Crippen molar-refractivity contribution in [3.63, 3.8) is 0 Å². The smallest absolute Gasteiger partial charge is 0.251 e. The number of benzene rings is 1. The summed E-state index contributed by atoms with van der Waals surface area (Å²) in [5.74, 6) is 0.420. The third-order valence-corrected chi connectivity index (χ3v) is 4.37. The SMILES string of the molecule is Cc1c(Cl)cc(C(=O)NC[C@@H]2CCN(C)C2)cc1Cl. The molecule has 1 atom stereocenters. The van der Waals surface area contributed by atoms with Gasteiger partial charge in [0, 0.05) is 28.7 Å². The van der Waals surface area contributed by atoms with Gasteiger partial charge >= 0.3 is 0 Å². The zero-order valence-electron chi connectivity index (χ0n) is 11.2. The Kier molecular flexibility index (Phi) is 4.71. The molecule has 1 aromatic carbocycles. The molecule has 1 heterocycles. The predicted molar refractivity (Wildman–Crippen MR) is 79.1 cm³/mol. The molecular formula is C14H18Cl2N2O. The number of hydrogen-bond acceptors (Lipinski definition) is 2. The first-order valence-corrected chi connectivity index (χ1v) is 7.15. The summed E-state index contributed by atoms with van der Waals surface area (Å²) in [5.41, 5.74) is 1.32. The third kappa shape index (κ3) is 3.62. The number of nitrogens with one attached hydrogen (secondary N) is 1. The summed E-state index contributed by atoms with van der Waals surface area (Å²) in [6.45, 7) is 4.67. The molecule has 1 aliphatic rings. The van der Waals surface area contributed by atoms with Crippen LogP contribution in [-0.2, 0) is 0 Å². The van der Waals surface area contributed by atoms with Crippen LogP contribution in [0.15, 0.2) is 12.1 Å². The van der Waals surface area contributed by atoms with Gasteiger partial charge in [-0.1, -0.05) is 23.2 Å². The van der Waals surface area contributed by atoms with Crippen LogP contribution in [0.5, 0.6) is 0 Å². The lowest BCUT2D eigenvalue weighted by Gasteiger charge is -2.12. The van der Waals surface area contributed by atoms with Crippen LogP contribution in [0.25, 0.3) is 0 Å². The van der Waals surface area contributed by atoms with Crippen molar-refractivity contribution in [2.75, 3.05) is 26.7 Å². The average Bonchev–Trinajstić information content (AvgIpc) is 2.78. The molecule has 19 heavy (non-hydrogen) atoms. The maximum atomic E-state index is 12.1. The quantitative estimate of drug-likeness (QED) is 0.931. The highest BCUT2D eigenvalue weighted by Crippen LogP contribution is 2.25. The van der Waals surface area contributed by atoms with E-state index in [4.69, 9.17) is 23.2 Å². The highest BCUT2D eigenvalue weighted by Gasteiger charge is 2.20. The molecule has 0 unspecified atom stereocenters. The monoisotopic (exact) mass is 300 g/mol. The summed E-state index contributed by atoms with van der Waals surface area (Å²) in [4.78, 5) is 14.3. The fourth-order valence-corrected chi connectivity index (χ4v) is 2.80. The Morgan fingerprint density at radius 1 is 1.42 bits per heavy atom. The number of carbonyl (C=O) groups excluding carboxylic acids is 1. The van der Waals surface area contributed by atoms with Gasteiger partial charge in [0.25, 0.3) is 5.91 Å². The number of amides is 1. The van der Waals surface area contributed by atoms with E-state index in [1.54, 1.807) is 12.1 Å². The molecular weight excluding hydrogens is 283 g/mol. The summed E-state index contributed by atoms with van der Waals surface area (Å²) in [5, 5.41) is 4.00. The van der Waals surface area contributed by atoms with Gasteiger partial charge in [0.2, 0.25) is 0 Å². The number of nitrogens with zero attached hydrogens (tertiary/aromatic N) is 1. The van der Waals surface area contributed by atoms with Crippen molar-refractivity contribution in [3.8, 4) is 0 Å². The van der Waals surface area contributed by atoms with Crippen molar-refractivity contribution in [2.45, 2.75) is 13.3 Å². The van der Waals surface area contributed by atoms with Gasteiger partial charge in [-0.25, -0.2) is 0 Å². The molecule has 1 N–H and O–H groups in total. The predicted octanol–water partition coefficient (Wildman–Crippen LogP) is 2.98. The van der Waals surface area contributed by atoms with E-state index in [2.05, 4.69) is 17.3 Å². The molecule has 3 nitrogen and oxygen atoms in total. The van der Waals surface area contributed by atoms with Gasteiger partial charge in [-0.3, -0.25) is 4.79 Å². The largest absolute Gasteiger partial charge is 0.352 e. The van der Waals surface area contributed by atoms with Crippen LogP contribution < -0.4 is 5.32 Å². The van der Waals surface area contributed by atoms with Crippen molar-refractivity contribution in [2.24, 2.45) is 5.92 Å². The van der Waals surface area contributed by atoms with Gasteiger partial charge in [0.15, 0.2) is 0 Å². The maximum Gasteiger partial charge on any atom is 0.251 e. The highest BCUT2D eigenvalue weighted by molar-refractivity contribution is 6.36. The first-order chi connectivity index (χ1) is 8.97. The topological polar surface area (TPSA) is 32.3 Å². The van der Waals surface area contributed by atoms with E-state index in [1.807, 2.05) is 6.92 Å². The van der Waals surface area contributed by atoms with Crippen LogP contribution in [0.1, 0.15) is 22.3 Å². The molecule has 0 aliphatic carbocycles. The van der Waals surface area contributed by atoms with Crippen LogP contribution in [0.2, 0.25) is 10.0 Å². The van der Waals surface area contributed by atoms with Gasteiger partial charge in [-0.05, 0) is 50.6 Å². The van der Waals surface area contributed by atoms with Crippen molar-refractivity contribution in [1.29, 1.82) is 0 Å². The van der Waals surface area contributed by atoms with E-state index >= 15 is 0 Å². The molecule has 104 valence electrons. The Hall–Kier alpha value is -0.770. The number of hydrogen-bond donors (Lipinski definition) is 1. The minimum absolute atomic E-state index is 0.113. The van der Waals surface area contributed by atoms with Crippen LogP contribution in [0.4, 0.5) is 0 Å². The van der Waals surface area contributed by atoms with Crippen LogP contribution in [-0.4, -0.2) is 37.5 Å². The van der Waals surface area contributed by atoms with E-state index in [9.17, 15) is 4.79 Å². The van der Waals surface area contributed by atoms with Crippen LogP contribution in [0, 0.1) is 12.8 Å².